The molecule has 2 N–H and O–H groups in total. The molecule has 1 unspecified atom stereocenters. The predicted octanol–water partition coefficient (Wildman–Crippen LogP) is 6.30. The standard InChI is InChI=1S/C21H28F2N4OS.C4H6/c1-15(11-20(22)23)13-29-14-17-8-7-16(2)27(12-17)21(28)18-5-3-4-6-19(18)26-25-10-9-24;1-3-4-2/h3-6,9-10,13,16-17,20,24,26H,7-8,11-12,14H2,1-2H3;1H,4H2,2H3/b15-13+,24-9?,25-10-;/t16-,17?;/m1./s1. The lowest BCUT2D eigenvalue weighted by molar-refractivity contribution is 0.0578. The third kappa shape index (κ3) is 10.7. The smallest absolute Gasteiger partial charge is 0.256 e. The van der Waals surface area contributed by atoms with Crippen LogP contribution >= 0.6 is 11.8 Å². The number of carbonyl (C=O) groups excluding carboxylic acids is 1. The maximum absolute atomic E-state index is 13.2. The normalized spacial score (nSPS) is 18.5. The van der Waals surface area contributed by atoms with Gasteiger partial charge in [0.05, 0.1) is 17.5 Å². The molecular weight excluding hydrogens is 442 g/mol. The maximum atomic E-state index is 13.2. The minimum absolute atomic E-state index is 0.0511. The fraction of sp³-hybridized carbons (Fsp3) is 0.480. The van der Waals surface area contributed by atoms with Gasteiger partial charge in [-0.15, -0.1) is 24.1 Å². The fourth-order valence-corrected chi connectivity index (χ4v) is 4.31. The molecule has 2 rings (SSSR count). The minimum atomic E-state index is -2.31. The van der Waals surface area contributed by atoms with Crippen molar-refractivity contribution in [2.24, 2.45) is 11.0 Å². The number of para-hydroxylation sites is 1. The first-order chi connectivity index (χ1) is 15.8. The molecule has 0 radical (unpaired) electrons. The number of amides is 1. The summed E-state index contributed by atoms with van der Waals surface area (Å²) in [5.74, 6) is 3.51. The molecule has 0 aliphatic carbocycles. The second-order valence-electron chi connectivity index (χ2n) is 7.80. The number of hydrazone groups is 1. The number of halogens is 2. The van der Waals surface area contributed by atoms with E-state index in [-0.39, 0.29) is 18.4 Å². The zero-order valence-electron chi connectivity index (χ0n) is 19.6. The number of nitrogens with one attached hydrogen (secondary N) is 2. The Balaban J connectivity index is 0.00000125. The van der Waals surface area contributed by atoms with Crippen LogP contribution in [0.25, 0.3) is 0 Å². The van der Waals surface area contributed by atoms with Crippen molar-refractivity contribution in [3.05, 3.63) is 40.8 Å². The molecule has 1 amide bonds. The first kappa shape index (κ1) is 28.4. The molecule has 5 nitrogen and oxygen atoms in total. The van der Waals surface area contributed by atoms with Crippen molar-refractivity contribution in [1.29, 1.82) is 5.41 Å². The molecule has 1 saturated heterocycles. The lowest BCUT2D eigenvalue weighted by Gasteiger charge is -2.38. The number of terminal acetylenes is 1. The molecular formula is C25H34F2N4OS. The van der Waals surface area contributed by atoms with Crippen LogP contribution in [0.15, 0.2) is 40.3 Å². The first-order valence-electron chi connectivity index (χ1n) is 11.0. The Morgan fingerprint density at radius 3 is 2.76 bits per heavy atom. The zero-order valence-corrected chi connectivity index (χ0v) is 20.4. The molecule has 1 heterocycles. The van der Waals surface area contributed by atoms with Gasteiger partial charge in [-0.05, 0) is 50.1 Å². The number of hydrogen-bond acceptors (Lipinski definition) is 5. The van der Waals surface area contributed by atoms with Crippen molar-refractivity contribution in [3.63, 3.8) is 0 Å². The quantitative estimate of drug-likeness (QED) is 0.250. The monoisotopic (exact) mass is 476 g/mol. The number of piperidine rings is 1. The van der Waals surface area contributed by atoms with Gasteiger partial charge in [0, 0.05) is 37.4 Å². The van der Waals surface area contributed by atoms with Crippen LogP contribution in [-0.4, -0.2) is 48.0 Å². The molecule has 0 saturated carbocycles. The Morgan fingerprint density at radius 2 is 2.12 bits per heavy atom. The molecule has 0 aromatic heterocycles. The van der Waals surface area contributed by atoms with Crippen LogP contribution in [0, 0.1) is 23.7 Å². The number of thioether (sulfide) groups is 1. The highest BCUT2D eigenvalue weighted by molar-refractivity contribution is 8.02. The van der Waals surface area contributed by atoms with Crippen molar-refractivity contribution < 1.29 is 13.6 Å². The van der Waals surface area contributed by atoms with Gasteiger partial charge in [0.15, 0.2) is 0 Å². The van der Waals surface area contributed by atoms with Crippen LogP contribution in [0.4, 0.5) is 14.5 Å². The van der Waals surface area contributed by atoms with E-state index in [1.165, 1.54) is 6.21 Å². The van der Waals surface area contributed by atoms with E-state index in [4.69, 9.17) is 11.8 Å². The summed E-state index contributed by atoms with van der Waals surface area (Å²) in [5.41, 5.74) is 4.65. The Kier molecular flexibility index (Phi) is 13.8. The SMILES string of the molecule is C#CCC.C/C(=C\SCC1CC[C@@H](C)N(C(=O)c2ccccc2N/N=C\C=N)C1)CC(F)F. The van der Waals surface area contributed by atoms with Crippen LogP contribution in [0.1, 0.15) is 56.8 Å². The molecule has 180 valence electrons. The molecule has 8 heteroatoms. The molecule has 1 aliphatic rings. The average molecular weight is 477 g/mol. The number of hydrogen-bond donors (Lipinski definition) is 2. The van der Waals surface area contributed by atoms with Crippen LogP contribution in [0.3, 0.4) is 0 Å². The topological polar surface area (TPSA) is 68.6 Å². The summed E-state index contributed by atoms with van der Waals surface area (Å²) in [6.07, 6.45) is 7.42. The van der Waals surface area contributed by atoms with Gasteiger partial charge in [-0.1, -0.05) is 24.6 Å². The van der Waals surface area contributed by atoms with E-state index in [0.29, 0.717) is 29.3 Å². The van der Waals surface area contributed by atoms with Crippen molar-refractivity contribution in [2.75, 3.05) is 17.7 Å². The first-order valence-corrected chi connectivity index (χ1v) is 12.1. The van der Waals surface area contributed by atoms with E-state index in [1.807, 2.05) is 29.4 Å². The lowest BCUT2D eigenvalue weighted by Crippen LogP contribution is -2.46. The van der Waals surface area contributed by atoms with E-state index < -0.39 is 6.43 Å². The number of anilines is 1. The second kappa shape index (κ2) is 16.0. The third-order valence-electron chi connectivity index (χ3n) is 5.03. The summed E-state index contributed by atoms with van der Waals surface area (Å²) >= 11 is 1.55. The maximum Gasteiger partial charge on any atom is 0.256 e. The van der Waals surface area contributed by atoms with Crippen LogP contribution < -0.4 is 5.43 Å². The van der Waals surface area contributed by atoms with Gasteiger partial charge in [0.25, 0.3) is 5.91 Å². The van der Waals surface area contributed by atoms with Crippen LogP contribution in [0.2, 0.25) is 0 Å². The van der Waals surface area contributed by atoms with Crippen molar-refractivity contribution >= 4 is 35.8 Å². The van der Waals surface area contributed by atoms with E-state index in [0.717, 1.165) is 31.2 Å². The molecule has 1 aromatic carbocycles. The molecule has 0 spiro atoms. The van der Waals surface area contributed by atoms with Crippen LogP contribution in [-0.2, 0) is 0 Å². The van der Waals surface area contributed by atoms with Gasteiger partial charge in [0.1, 0.15) is 0 Å². The zero-order chi connectivity index (χ0) is 24.6. The van der Waals surface area contributed by atoms with Gasteiger partial charge in [-0.2, -0.15) is 5.10 Å². The van der Waals surface area contributed by atoms with E-state index in [9.17, 15) is 13.6 Å². The molecule has 1 aromatic rings. The van der Waals surface area contributed by atoms with E-state index in [2.05, 4.69) is 23.4 Å². The summed E-state index contributed by atoms with van der Waals surface area (Å²) in [5, 5.41) is 12.7. The summed E-state index contributed by atoms with van der Waals surface area (Å²) in [4.78, 5) is 15.1. The van der Waals surface area contributed by atoms with Gasteiger partial charge < -0.3 is 10.3 Å². The molecule has 0 bridgehead atoms. The third-order valence-corrected chi connectivity index (χ3v) is 6.26. The highest BCUT2D eigenvalue weighted by Crippen LogP contribution is 2.29. The van der Waals surface area contributed by atoms with E-state index in [1.54, 1.807) is 30.8 Å². The minimum Gasteiger partial charge on any atom is -0.336 e. The van der Waals surface area contributed by atoms with Gasteiger partial charge >= 0.3 is 0 Å². The Bertz CT molecular complexity index is 851. The number of allylic oxidation sites excluding steroid dienone is 1. The van der Waals surface area contributed by atoms with Crippen molar-refractivity contribution in [3.8, 4) is 12.3 Å². The Morgan fingerprint density at radius 1 is 1.42 bits per heavy atom. The number of benzene rings is 1. The average Bonchev–Trinajstić information content (AvgIpc) is 2.80. The molecule has 1 fully saturated rings. The second-order valence-corrected chi connectivity index (χ2v) is 8.70. The number of alkyl halides is 2. The summed E-state index contributed by atoms with van der Waals surface area (Å²) < 4.78 is 24.8. The Hall–Kier alpha value is -2.66. The van der Waals surface area contributed by atoms with Crippen molar-refractivity contribution in [1.82, 2.24) is 4.90 Å². The predicted molar refractivity (Wildman–Crippen MR) is 137 cm³/mol. The van der Waals surface area contributed by atoms with Crippen LogP contribution in [0.5, 0.6) is 0 Å². The number of nitrogens with zero attached hydrogens (tertiary/aromatic N) is 2. The highest BCUT2D eigenvalue weighted by Gasteiger charge is 2.30. The number of rotatable bonds is 9. The highest BCUT2D eigenvalue weighted by atomic mass is 32.2. The number of likely N-dealkylation sites (tertiary alicyclic amines) is 1. The molecule has 33 heavy (non-hydrogen) atoms. The summed E-state index contributed by atoms with van der Waals surface area (Å²) in [7, 11) is 0. The van der Waals surface area contributed by atoms with Crippen molar-refractivity contribution in [2.45, 2.75) is 58.9 Å². The fourth-order valence-electron chi connectivity index (χ4n) is 3.29. The lowest BCUT2D eigenvalue weighted by atomic mass is 9.94. The largest absolute Gasteiger partial charge is 0.336 e. The van der Waals surface area contributed by atoms with Gasteiger partial charge in [-0.3, -0.25) is 10.2 Å². The van der Waals surface area contributed by atoms with E-state index >= 15 is 0 Å². The molecule has 2 atom stereocenters. The van der Waals surface area contributed by atoms with Gasteiger partial charge in [-0.25, -0.2) is 8.78 Å². The molecule has 1 aliphatic heterocycles. The Labute approximate surface area is 200 Å². The summed E-state index contributed by atoms with van der Waals surface area (Å²) in [6, 6.07) is 7.33. The number of carbonyl (C=O) groups is 1. The van der Waals surface area contributed by atoms with Gasteiger partial charge in [0.2, 0.25) is 6.43 Å². The summed E-state index contributed by atoms with van der Waals surface area (Å²) in [6.45, 7) is 6.37.